The molecule has 1 aromatic heterocycles. The summed E-state index contributed by atoms with van der Waals surface area (Å²) < 4.78 is 6.12. The van der Waals surface area contributed by atoms with Crippen LogP contribution in [0.25, 0.3) is 6.08 Å². The molecule has 1 amide bonds. The molecular weight excluding hydrogens is 402 g/mol. The molecule has 0 aliphatic carbocycles. The maximum atomic E-state index is 12.3. The average molecular weight is 422 g/mol. The number of amides is 1. The molecule has 1 aromatic carbocycles. The van der Waals surface area contributed by atoms with Gasteiger partial charge >= 0.3 is 5.97 Å². The normalized spacial score (nSPS) is 10.9. The number of rotatable bonds is 6. The average Bonchev–Trinajstić information content (AvgIpc) is 2.89. The molecule has 0 fully saturated rings. The first kappa shape index (κ1) is 19.4. The molecule has 0 aliphatic rings. The molecule has 6 heteroatoms. The van der Waals surface area contributed by atoms with Crippen molar-refractivity contribution >= 4 is 50.2 Å². The number of aryl methyl sites for hydroxylation is 1. The summed E-state index contributed by atoms with van der Waals surface area (Å²) in [4.78, 5) is 25.5. The summed E-state index contributed by atoms with van der Waals surface area (Å²) in [5.41, 5.74) is 2.31. The van der Waals surface area contributed by atoms with Gasteiger partial charge in [0.05, 0.1) is 12.2 Å². The number of benzene rings is 1. The van der Waals surface area contributed by atoms with Crippen molar-refractivity contribution in [1.29, 1.82) is 0 Å². The number of esters is 1. The van der Waals surface area contributed by atoms with Crippen LogP contribution in [0.15, 0.2) is 34.8 Å². The molecule has 2 aromatic rings. The Morgan fingerprint density at radius 2 is 1.92 bits per heavy atom. The van der Waals surface area contributed by atoms with E-state index in [0.717, 1.165) is 20.5 Å². The topological polar surface area (TPSA) is 55.4 Å². The number of anilines is 1. The Morgan fingerprint density at radius 3 is 2.52 bits per heavy atom. The van der Waals surface area contributed by atoms with E-state index in [9.17, 15) is 9.59 Å². The Kier molecular flexibility index (Phi) is 6.96. The van der Waals surface area contributed by atoms with Crippen molar-refractivity contribution in [3.05, 3.63) is 56.4 Å². The van der Waals surface area contributed by atoms with Crippen molar-refractivity contribution in [2.75, 3.05) is 11.9 Å². The third kappa shape index (κ3) is 5.03. The zero-order valence-electron chi connectivity index (χ0n) is 14.4. The lowest BCUT2D eigenvalue weighted by Crippen LogP contribution is -2.13. The van der Waals surface area contributed by atoms with Gasteiger partial charge in [-0.2, -0.15) is 0 Å². The molecule has 0 unspecified atom stereocenters. The molecule has 132 valence electrons. The zero-order chi connectivity index (χ0) is 18.4. The number of ether oxygens (including phenoxy) is 1. The van der Waals surface area contributed by atoms with Gasteiger partial charge in [-0.05, 0) is 49.6 Å². The molecular formula is C19H20BrNO3S. The summed E-state index contributed by atoms with van der Waals surface area (Å²) in [5, 5.41) is 3.35. The second-order valence-electron chi connectivity index (χ2n) is 5.29. The second-order valence-corrected chi connectivity index (χ2v) is 7.43. The molecule has 1 N–H and O–H groups in total. The summed E-state index contributed by atoms with van der Waals surface area (Å²) in [6.45, 7) is 5.99. The maximum Gasteiger partial charge on any atom is 0.341 e. The number of thiophene rings is 1. The molecule has 0 atom stereocenters. The minimum absolute atomic E-state index is 0.280. The van der Waals surface area contributed by atoms with Gasteiger partial charge in [-0.3, -0.25) is 4.79 Å². The van der Waals surface area contributed by atoms with E-state index < -0.39 is 5.97 Å². The van der Waals surface area contributed by atoms with Crippen molar-refractivity contribution in [1.82, 2.24) is 0 Å². The summed E-state index contributed by atoms with van der Waals surface area (Å²) in [5.74, 6) is -0.673. The smallest absolute Gasteiger partial charge is 0.341 e. The first-order chi connectivity index (χ1) is 12.0. The second kappa shape index (κ2) is 8.97. The number of nitrogens with one attached hydrogen (secondary N) is 1. The number of carbonyl (C=O) groups is 2. The van der Waals surface area contributed by atoms with Crippen LogP contribution in [-0.2, 0) is 16.0 Å². The van der Waals surface area contributed by atoms with Gasteiger partial charge in [-0.15, -0.1) is 11.3 Å². The van der Waals surface area contributed by atoms with Crippen LogP contribution in [0.4, 0.5) is 5.00 Å². The highest BCUT2D eigenvalue weighted by atomic mass is 79.9. The third-order valence-corrected chi connectivity index (χ3v) is 5.17. The molecule has 4 nitrogen and oxygen atoms in total. The van der Waals surface area contributed by atoms with Crippen LogP contribution in [0, 0.1) is 6.92 Å². The highest BCUT2D eigenvalue weighted by molar-refractivity contribution is 9.10. The van der Waals surface area contributed by atoms with Gasteiger partial charge in [0.25, 0.3) is 0 Å². The van der Waals surface area contributed by atoms with E-state index in [1.165, 1.54) is 17.4 Å². The molecule has 0 radical (unpaired) electrons. The quantitative estimate of drug-likeness (QED) is 0.514. The van der Waals surface area contributed by atoms with Crippen molar-refractivity contribution < 1.29 is 14.3 Å². The number of halogens is 1. The minimum Gasteiger partial charge on any atom is -0.462 e. The first-order valence-electron chi connectivity index (χ1n) is 8.00. The Balaban J connectivity index is 2.19. The van der Waals surface area contributed by atoms with Crippen LogP contribution < -0.4 is 5.32 Å². The van der Waals surface area contributed by atoms with Gasteiger partial charge in [0.15, 0.2) is 0 Å². The van der Waals surface area contributed by atoms with Gasteiger partial charge in [0, 0.05) is 15.4 Å². The van der Waals surface area contributed by atoms with Crippen LogP contribution in [-0.4, -0.2) is 18.5 Å². The van der Waals surface area contributed by atoms with E-state index in [2.05, 4.69) is 21.2 Å². The van der Waals surface area contributed by atoms with E-state index in [4.69, 9.17) is 4.74 Å². The predicted octanol–water partition coefficient (Wildman–Crippen LogP) is 5.21. The number of carbonyl (C=O) groups excluding carboxylic acids is 2. The van der Waals surface area contributed by atoms with Crippen molar-refractivity contribution in [3.8, 4) is 0 Å². The van der Waals surface area contributed by atoms with Gasteiger partial charge in [-0.1, -0.05) is 35.0 Å². The SMILES string of the molecule is CCOC(=O)c1c(NC(=O)/C=C/c2ccc(Br)cc2)sc(C)c1CC. The predicted molar refractivity (Wildman–Crippen MR) is 106 cm³/mol. The minimum atomic E-state index is -0.393. The van der Waals surface area contributed by atoms with Crippen LogP contribution in [0.5, 0.6) is 0 Å². The first-order valence-corrected chi connectivity index (χ1v) is 9.61. The lowest BCUT2D eigenvalue weighted by Gasteiger charge is -2.06. The molecule has 2 rings (SSSR count). The standard InChI is InChI=1S/C19H20BrNO3S/c1-4-15-12(3)25-18(17(15)19(23)24-5-2)21-16(22)11-8-13-6-9-14(20)10-7-13/h6-11H,4-5H2,1-3H3,(H,21,22)/b11-8+. The summed E-state index contributed by atoms with van der Waals surface area (Å²) in [7, 11) is 0. The fraction of sp³-hybridized carbons (Fsp3) is 0.263. The highest BCUT2D eigenvalue weighted by Crippen LogP contribution is 2.34. The molecule has 0 saturated carbocycles. The Labute approximate surface area is 160 Å². The highest BCUT2D eigenvalue weighted by Gasteiger charge is 2.22. The Bertz CT molecular complexity index is 794. The fourth-order valence-electron chi connectivity index (χ4n) is 2.41. The van der Waals surface area contributed by atoms with E-state index in [0.29, 0.717) is 23.6 Å². The van der Waals surface area contributed by atoms with Crippen molar-refractivity contribution in [2.45, 2.75) is 27.2 Å². The van der Waals surface area contributed by atoms with Gasteiger partial charge in [-0.25, -0.2) is 4.79 Å². The van der Waals surface area contributed by atoms with Gasteiger partial charge in [0.1, 0.15) is 5.00 Å². The van der Waals surface area contributed by atoms with Crippen molar-refractivity contribution in [3.63, 3.8) is 0 Å². The van der Waals surface area contributed by atoms with E-state index >= 15 is 0 Å². The summed E-state index contributed by atoms with van der Waals surface area (Å²) >= 11 is 4.77. The van der Waals surface area contributed by atoms with Crippen LogP contribution >= 0.6 is 27.3 Å². The van der Waals surface area contributed by atoms with E-state index in [1.54, 1.807) is 13.0 Å². The maximum absolute atomic E-state index is 12.3. The van der Waals surface area contributed by atoms with Crippen LogP contribution in [0.2, 0.25) is 0 Å². The largest absolute Gasteiger partial charge is 0.462 e. The Hall–Kier alpha value is -1.92. The summed E-state index contributed by atoms with van der Waals surface area (Å²) in [6.07, 6.45) is 3.90. The van der Waals surface area contributed by atoms with Crippen LogP contribution in [0.1, 0.15) is 40.2 Å². The third-order valence-electron chi connectivity index (χ3n) is 3.58. The van der Waals surface area contributed by atoms with Crippen LogP contribution in [0.3, 0.4) is 0 Å². The van der Waals surface area contributed by atoms with Crippen molar-refractivity contribution in [2.24, 2.45) is 0 Å². The number of hydrogen-bond acceptors (Lipinski definition) is 4. The molecule has 0 spiro atoms. The molecule has 0 saturated heterocycles. The Morgan fingerprint density at radius 1 is 1.24 bits per heavy atom. The molecule has 25 heavy (non-hydrogen) atoms. The van der Waals surface area contributed by atoms with Gasteiger partial charge in [0.2, 0.25) is 5.91 Å². The summed E-state index contributed by atoms with van der Waals surface area (Å²) in [6, 6.07) is 7.63. The lowest BCUT2D eigenvalue weighted by molar-refractivity contribution is -0.111. The van der Waals surface area contributed by atoms with E-state index in [-0.39, 0.29) is 5.91 Å². The van der Waals surface area contributed by atoms with E-state index in [1.807, 2.05) is 38.1 Å². The fourth-order valence-corrected chi connectivity index (χ4v) is 3.81. The zero-order valence-corrected chi connectivity index (χ0v) is 16.8. The monoisotopic (exact) mass is 421 g/mol. The number of hydrogen-bond donors (Lipinski definition) is 1. The molecule has 1 heterocycles. The lowest BCUT2D eigenvalue weighted by atomic mass is 10.1. The molecule has 0 aliphatic heterocycles. The molecule has 0 bridgehead atoms. The van der Waals surface area contributed by atoms with Gasteiger partial charge < -0.3 is 10.1 Å².